The fourth-order valence-corrected chi connectivity index (χ4v) is 5.47. The number of carbonyl (C=O) groups is 1. The first kappa shape index (κ1) is 19.4. The molecule has 1 saturated heterocycles. The van der Waals surface area contributed by atoms with Gasteiger partial charge in [0.25, 0.3) is 5.91 Å². The first-order valence-electron chi connectivity index (χ1n) is 9.48. The van der Waals surface area contributed by atoms with Gasteiger partial charge < -0.3 is 4.90 Å². The molecule has 0 unspecified atom stereocenters. The van der Waals surface area contributed by atoms with Gasteiger partial charge in [-0.25, -0.2) is 8.42 Å². The van der Waals surface area contributed by atoms with Crippen LogP contribution in [0, 0.1) is 0 Å². The zero-order valence-electron chi connectivity index (χ0n) is 15.5. The van der Waals surface area contributed by atoms with Crippen molar-refractivity contribution in [3.63, 3.8) is 0 Å². The monoisotopic (exact) mass is 419 g/mol. The number of sulfonamides is 1. The van der Waals surface area contributed by atoms with E-state index >= 15 is 0 Å². The molecule has 1 aromatic carbocycles. The Kier molecular flexibility index (Phi) is 5.40. The zero-order valence-corrected chi connectivity index (χ0v) is 17.0. The largest absolute Gasteiger partial charge is 0.335 e. The third-order valence-electron chi connectivity index (χ3n) is 5.42. The normalized spacial score (nSPS) is 18.0. The number of benzene rings is 1. The van der Waals surface area contributed by atoms with Gasteiger partial charge in [0.05, 0.1) is 4.90 Å². The predicted octanol–water partition coefficient (Wildman–Crippen LogP) is 2.76. The highest BCUT2D eigenvalue weighted by Crippen LogP contribution is 2.26. The van der Waals surface area contributed by atoms with E-state index in [-0.39, 0.29) is 24.7 Å². The van der Waals surface area contributed by atoms with Crippen LogP contribution in [0.4, 0.5) is 0 Å². The molecule has 1 fully saturated rings. The molecular formula is C20H22ClN3O3S. The van der Waals surface area contributed by atoms with E-state index in [0.717, 1.165) is 31.2 Å². The van der Waals surface area contributed by atoms with Gasteiger partial charge in [-0.3, -0.25) is 9.78 Å². The first-order valence-corrected chi connectivity index (χ1v) is 11.3. The second-order valence-corrected chi connectivity index (χ2v) is 9.57. The number of halogens is 1. The van der Waals surface area contributed by atoms with Crippen molar-refractivity contribution in [3.05, 3.63) is 58.4 Å². The minimum absolute atomic E-state index is 0.228. The molecule has 8 heteroatoms. The summed E-state index contributed by atoms with van der Waals surface area (Å²) in [6.07, 6.45) is 5.72. The Bertz CT molecular complexity index is 1000. The Labute approximate surface area is 170 Å². The number of aromatic nitrogens is 1. The van der Waals surface area contributed by atoms with E-state index in [0.29, 0.717) is 23.0 Å². The Morgan fingerprint density at radius 2 is 1.68 bits per heavy atom. The molecule has 0 radical (unpaired) electrons. The lowest BCUT2D eigenvalue weighted by Gasteiger charge is -2.34. The summed E-state index contributed by atoms with van der Waals surface area (Å²) in [5.74, 6) is -0.228. The van der Waals surface area contributed by atoms with Gasteiger partial charge in [0.1, 0.15) is 5.69 Å². The number of nitrogens with zero attached hydrogens (tertiary/aromatic N) is 3. The molecule has 28 heavy (non-hydrogen) atoms. The van der Waals surface area contributed by atoms with Crippen LogP contribution in [-0.2, 0) is 22.9 Å². The number of hydrogen-bond acceptors (Lipinski definition) is 4. The Morgan fingerprint density at radius 1 is 0.964 bits per heavy atom. The van der Waals surface area contributed by atoms with Crippen molar-refractivity contribution in [1.82, 2.24) is 14.2 Å². The fourth-order valence-electron chi connectivity index (χ4n) is 3.83. The van der Waals surface area contributed by atoms with Gasteiger partial charge in [-0.15, -0.1) is 0 Å². The van der Waals surface area contributed by atoms with Crippen LogP contribution in [0.3, 0.4) is 0 Å². The molecule has 2 heterocycles. The zero-order chi connectivity index (χ0) is 19.7. The molecule has 0 spiro atoms. The van der Waals surface area contributed by atoms with E-state index < -0.39 is 10.0 Å². The third kappa shape index (κ3) is 3.79. The van der Waals surface area contributed by atoms with E-state index in [1.165, 1.54) is 22.1 Å². The van der Waals surface area contributed by atoms with Crippen molar-refractivity contribution in [2.45, 2.75) is 30.6 Å². The second-order valence-electron chi connectivity index (χ2n) is 7.19. The second kappa shape index (κ2) is 7.81. The van der Waals surface area contributed by atoms with Gasteiger partial charge in [0, 0.05) is 37.4 Å². The summed E-state index contributed by atoms with van der Waals surface area (Å²) >= 11 is 5.93. The SMILES string of the molecule is O=C(c1cc(Cl)ccn1)N1CCN(S(=O)(=O)c2ccc3c(c2)CCCC3)CC1. The summed E-state index contributed by atoms with van der Waals surface area (Å²) in [4.78, 5) is 18.6. The molecular weight excluding hydrogens is 398 g/mol. The number of hydrogen-bond donors (Lipinski definition) is 0. The van der Waals surface area contributed by atoms with Crippen molar-refractivity contribution in [3.8, 4) is 0 Å². The highest BCUT2D eigenvalue weighted by Gasteiger charge is 2.31. The Morgan fingerprint density at radius 3 is 2.39 bits per heavy atom. The third-order valence-corrected chi connectivity index (χ3v) is 7.55. The maximum absolute atomic E-state index is 13.1. The van der Waals surface area contributed by atoms with Crippen molar-refractivity contribution in [2.75, 3.05) is 26.2 Å². The number of rotatable bonds is 3. The average Bonchev–Trinajstić information content (AvgIpc) is 2.73. The van der Waals surface area contributed by atoms with E-state index in [2.05, 4.69) is 4.98 Å². The standard InChI is InChI=1S/C20H22ClN3O3S/c21-17-7-8-22-19(14-17)20(25)23-9-11-24(12-10-23)28(26,27)18-6-5-15-3-1-2-4-16(15)13-18/h5-8,13-14H,1-4,9-12H2. The molecule has 2 aliphatic rings. The van der Waals surface area contributed by atoms with Crippen LogP contribution in [-0.4, -0.2) is 54.7 Å². The van der Waals surface area contributed by atoms with Crippen LogP contribution in [0.2, 0.25) is 5.02 Å². The van der Waals surface area contributed by atoms with Gasteiger partial charge in [0.2, 0.25) is 10.0 Å². The highest BCUT2D eigenvalue weighted by atomic mass is 35.5. The molecule has 2 aromatic rings. The van der Waals surface area contributed by atoms with Gasteiger partial charge in [-0.2, -0.15) is 4.31 Å². The van der Waals surface area contributed by atoms with E-state index in [1.54, 1.807) is 17.0 Å². The molecule has 4 rings (SSSR count). The maximum atomic E-state index is 13.1. The van der Waals surface area contributed by atoms with Crippen LogP contribution in [0.5, 0.6) is 0 Å². The van der Waals surface area contributed by atoms with Gasteiger partial charge in [-0.1, -0.05) is 17.7 Å². The molecule has 6 nitrogen and oxygen atoms in total. The molecule has 0 atom stereocenters. The highest BCUT2D eigenvalue weighted by molar-refractivity contribution is 7.89. The number of pyridine rings is 1. The smallest absolute Gasteiger partial charge is 0.272 e. The van der Waals surface area contributed by atoms with Crippen molar-refractivity contribution >= 4 is 27.5 Å². The van der Waals surface area contributed by atoms with Crippen LogP contribution >= 0.6 is 11.6 Å². The topological polar surface area (TPSA) is 70.6 Å². The van der Waals surface area contributed by atoms with Gasteiger partial charge in [-0.05, 0) is 61.1 Å². The number of amides is 1. The summed E-state index contributed by atoms with van der Waals surface area (Å²) < 4.78 is 27.6. The van der Waals surface area contributed by atoms with Crippen molar-refractivity contribution in [1.29, 1.82) is 0 Å². The lowest BCUT2D eigenvalue weighted by Crippen LogP contribution is -2.50. The molecule has 1 aromatic heterocycles. The fraction of sp³-hybridized carbons (Fsp3) is 0.400. The van der Waals surface area contributed by atoms with Crippen LogP contribution in [0.1, 0.15) is 34.5 Å². The lowest BCUT2D eigenvalue weighted by atomic mass is 9.92. The van der Waals surface area contributed by atoms with E-state index in [9.17, 15) is 13.2 Å². The summed E-state index contributed by atoms with van der Waals surface area (Å²) in [5, 5.41) is 0.451. The molecule has 1 aliphatic carbocycles. The van der Waals surface area contributed by atoms with E-state index in [4.69, 9.17) is 11.6 Å². The summed E-state index contributed by atoms with van der Waals surface area (Å²) in [6.45, 7) is 1.20. The van der Waals surface area contributed by atoms with E-state index in [1.807, 2.05) is 12.1 Å². The number of aryl methyl sites for hydroxylation is 2. The van der Waals surface area contributed by atoms with Crippen LogP contribution < -0.4 is 0 Å². The number of carbonyl (C=O) groups excluding carboxylic acids is 1. The van der Waals surface area contributed by atoms with Gasteiger partial charge >= 0.3 is 0 Å². The minimum atomic E-state index is -3.56. The molecule has 1 aliphatic heterocycles. The maximum Gasteiger partial charge on any atom is 0.272 e. The molecule has 0 saturated carbocycles. The van der Waals surface area contributed by atoms with Crippen LogP contribution in [0.25, 0.3) is 0 Å². The summed E-state index contributed by atoms with van der Waals surface area (Å²) in [5.41, 5.74) is 2.68. The number of fused-ring (bicyclic) bond motifs is 1. The molecule has 0 N–H and O–H groups in total. The molecule has 0 bridgehead atoms. The summed E-state index contributed by atoms with van der Waals surface area (Å²) in [7, 11) is -3.56. The average molecular weight is 420 g/mol. The molecule has 148 valence electrons. The minimum Gasteiger partial charge on any atom is -0.335 e. The lowest BCUT2D eigenvalue weighted by molar-refractivity contribution is 0.0692. The Hall–Kier alpha value is -1.96. The Balaban J connectivity index is 1.46. The van der Waals surface area contributed by atoms with Gasteiger partial charge in [0.15, 0.2) is 0 Å². The number of piperazine rings is 1. The molecule has 1 amide bonds. The predicted molar refractivity (Wildman–Crippen MR) is 107 cm³/mol. The van der Waals surface area contributed by atoms with Crippen molar-refractivity contribution < 1.29 is 13.2 Å². The first-order chi connectivity index (χ1) is 13.4. The summed E-state index contributed by atoms with van der Waals surface area (Å²) in [6, 6.07) is 8.64. The van der Waals surface area contributed by atoms with Crippen molar-refractivity contribution in [2.24, 2.45) is 0 Å². The quantitative estimate of drug-likeness (QED) is 0.767. The van der Waals surface area contributed by atoms with Crippen LogP contribution in [0.15, 0.2) is 41.4 Å².